The fourth-order valence-electron chi connectivity index (χ4n) is 3.31. The van der Waals surface area contributed by atoms with Crippen LogP contribution in [0.25, 0.3) is 27.9 Å². The zero-order valence-corrected chi connectivity index (χ0v) is 18.9. The number of anilines is 1. The molecule has 2 N–H and O–H groups in total. The second-order valence-corrected chi connectivity index (χ2v) is 7.91. The van der Waals surface area contributed by atoms with E-state index in [-0.39, 0.29) is 28.3 Å². The van der Waals surface area contributed by atoms with Gasteiger partial charge in [0.2, 0.25) is 11.9 Å². The van der Waals surface area contributed by atoms with Crippen molar-refractivity contribution in [2.45, 2.75) is 32.7 Å². The van der Waals surface area contributed by atoms with Crippen molar-refractivity contribution in [1.82, 2.24) is 24.9 Å². The van der Waals surface area contributed by atoms with Crippen LogP contribution in [0, 0.1) is 0 Å². The number of amides is 1. The summed E-state index contributed by atoms with van der Waals surface area (Å²) < 4.78 is 44.4. The third-order valence-corrected chi connectivity index (χ3v) is 5.11. The van der Waals surface area contributed by atoms with Crippen molar-refractivity contribution in [3.8, 4) is 17.1 Å². The monoisotopic (exact) mass is 492 g/mol. The Morgan fingerprint density at radius 3 is 2.71 bits per heavy atom. The number of hydrogen-bond acceptors (Lipinski definition) is 6. The van der Waals surface area contributed by atoms with Crippen molar-refractivity contribution >= 4 is 40.0 Å². The summed E-state index contributed by atoms with van der Waals surface area (Å²) in [4.78, 5) is 21.4. The molecule has 8 nitrogen and oxygen atoms in total. The van der Waals surface area contributed by atoms with Crippen LogP contribution in [0.4, 0.5) is 19.1 Å². The second-order valence-electron chi connectivity index (χ2n) is 7.47. The number of fused-ring (bicyclic) bond motifs is 3. The van der Waals surface area contributed by atoms with Crippen LogP contribution < -0.4 is 15.4 Å². The maximum Gasteiger partial charge on any atom is 0.573 e. The Morgan fingerprint density at radius 2 is 1.97 bits per heavy atom. The summed E-state index contributed by atoms with van der Waals surface area (Å²) in [5.41, 5.74) is 0.856. The first kappa shape index (κ1) is 23.6. The molecule has 34 heavy (non-hydrogen) atoms. The molecule has 12 heteroatoms. The third-order valence-electron chi connectivity index (χ3n) is 4.88. The standard InChI is InChI=1S/C22H20ClF3N6O2/c1-3-10-27-20(33)12(2)28-21-29-16-7-5-4-6-14(16)19-30-18(31-32(19)21)15-11-13(23)8-9-17(15)34-22(24,25)26/h4-9,11-12H,3,10H2,1-2H3,(H,27,33)(H,28,29)/t12-/m1/s1. The molecule has 0 saturated carbocycles. The van der Waals surface area contributed by atoms with Crippen molar-refractivity contribution in [1.29, 1.82) is 0 Å². The van der Waals surface area contributed by atoms with Gasteiger partial charge in [0.15, 0.2) is 11.5 Å². The van der Waals surface area contributed by atoms with Crippen molar-refractivity contribution in [3.63, 3.8) is 0 Å². The van der Waals surface area contributed by atoms with Gasteiger partial charge in [0.1, 0.15) is 11.8 Å². The molecule has 0 saturated heterocycles. The zero-order valence-electron chi connectivity index (χ0n) is 18.2. The van der Waals surface area contributed by atoms with E-state index in [1.807, 2.05) is 6.92 Å². The van der Waals surface area contributed by atoms with Gasteiger partial charge in [-0.2, -0.15) is 4.52 Å². The molecule has 0 aliphatic rings. The summed E-state index contributed by atoms with van der Waals surface area (Å²) in [6, 6.07) is 10.1. The average Bonchev–Trinajstić information content (AvgIpc) is 3.23. The Bertz CT molecular complexity index is 1360. The largest absolute Gasteiger partial charge is 0.573 e. The molecule has 0 spiro atoms. The molecule has 1 amide bonds. The highest BCUT2D eigenvalue weighted by Gasteiger charge is 2.33. The third kappa shape index (κ3) is 4.98. The first-order valence-electron chi connectivity index (χ1n) is 10.4. The number of carbonyl (C=O) groups excluding carboxylic acids is 1. The summed E-state index contributed by atoms with van der Waals surface area (Å²) >= 11 is 6.04. The Kier molecular flexibility index (Phi) is 6.47. The molecule has 2 aromatic heterocycles. The van der Waals surface area contributed by atoms with E-state index in [1.165, 1.54) is 16.6 Å². The number of benzene rings is 2. The van der Waals surface area contributed by atoms with Crippen molar-refractivity contribution in [2.24, 2.45) is 0 Å². The smallest absolute Gasteiger partial charge is 0.405 e. The summed E-state index contributed by atoms with van der Waals surface area (Å²) in [6.45, 7) is 4.13. The molecule has 0 bridgehead atoms. The van der Waals surface area contributed by atoms with Crippen LogP contribution in [0.3, 0.4) is 0 Å². The van der Waals surface area contributed by atoms with Crippen LogP contribution in [0.5, 0.6) is 5.75 Å². The van der Waals surface area contributed by atoms with Crippen molar-refractivity contribution in [3.05, 3.63) is 47.5 Å². The summed E-state index contributed by atoms with van der Waals surface area (Å²) in [5.74, 6) is -0.578. The molecule has 0 unspecified atom stereocenters. The lowest BCUT2D eigenvalue weighted by molar-refractivity contribution is -0.274. The molecule has 1 atom stereocenters. The van der Waals surface area contributed by atoms with Gasteiger partial charge in [0.25, 0.3) is 0 Å². The number of nitrogens with one attached hydrogen (secondary N) is 2. The second kappa shape index (κ2) is 9.34. The maximum atomic E-state index is 13.0. The van der Waals surface area contributed by atoms with Crippen LogP contribution in [0.1, 0.15) is 20.3 Å². The summed E-state index contributed by atoms with van der Waals surface area (Å²) in [7, 11) is 0. The fourth-order valence-corrected chi connectivity index (χ4v) is 3.49. The van der Waals surface area contributed by atoms with Crippen LogP contribution in [0.15, 0.2) is 42.5 Å². The Labute approximate surface area is 197 Å². The lowest BCUT2D eigenvalue weighted by Gasteiger charge is -2.15. The molecule has 4 aromatic rings. The molecule has 0 fully saturated rings. The number of carbonyl (C=O) groups is 1. The normalized spacial score (nSPS) is 12.6. The topological polar surface area (TPSA) is 93.4 Å². The molecule has 178 valence electrons. The van der Waals surface area contributed by atoms with E-state index in [9.17, 15) is 18.0 Å². The van der Waals surface area contributed by atoms with Gasteiger partial charge >= 0.3 is 6.36 Å². The lowest BCUT2D eigenvalue weighted by Crippen LogP contribution is -2.38. The minimum Gasteiger partial charge on any atom is -0.405 e. The highest BCUT2D eigenvalue weighted by atomic mass is 35.5. The minimum atomic E-state index is -4.91. The van der Waals surface area contributed by atoms with E-state index in [1.54, 1.807) is 31.2 Å². The number of aromatic nitrogens is 4. The molecule has 0 aliphatic carbocycles. The first-order valence-corrected chi connectivity index (χ1v) is 10.8. The zero-order chi connectivity index (χ0) is 24.5. The Balaban J connectivity index is 1.85. The quantitative estimate of drug-likeness (QED) is 0.384. The van der Waals surface area contributed by atoms with Crippen molar-refractivity contribution in [2.75, 3.05) is 11.9 Å². The van der Waals surface area contributed by atoms with Gasteiger partial charge < -0.3 is 15.4 Å². The van der Waals surface area contributed by atoms with E-state index in [0.717, 1.165) is 12.5 Å². The number of alkyl halides is 3. The lowest BCUT2D eigenvalue weighted by atomic mass is 10.2. The molecule has 2 heterocycles. The first-order chi connectivity index (χ1) is 16.2. The van der Waals surface area contributed by atoms with Gasteiger partial charge in [-0.1, -0.05) is 30.7 Å². The Hall–Kier alpha value is -3.60. The molecular formula is C22H20ClF3N6O2. The minimum absolute atomic E-state index is 0.0442. The van der Waals surface area contributed by atoms with Crippen LogP contribution in [-0.2, 0) is 4.79 Å². The fraction of sp³-hybridized carbons (Fsp3) is 0.273. The van der Waals surface area contributed by atoms with Gasteiger partial charge in [-0.05, 0) is 43.7 Å². The van der Waals surface area contributed by atoms with Crippen LogP contribution in [0.2, 0.25) is 5.02 Å². The van der Waals surface area contributed by atoms with Gasteiger partial charge in [-0.3, -0.25) is 4.79 Å². The summed E-state index contributed by atoms with van der Waals surface area (Å²) in [6.07, 6.45) is -4.13. The van der Waals surface area contributed by atoms with Crippen molar-refractivity contribution < 1.29 is 22.7 Å². The number of halogens is 4. The van der Waals surface area contributed by atoms with E-state index < -0.39 is 18.2 Å². The Morgan fingerprint density at radius 1 is 1.21 bits per heavy atom. The highest BCUT2D eigenvalue weighted by molar-refractivity contribution is 6.30. The van der Waals surface area contributed by atoms with Gasteiger partial charge in [0.05, 0.1) is 11.1 Å². The number of rotatable bonds is 7. The van der Waals surface area contributed by atoms with E-state index in [0.29, 0.717) is 23.1 Å². The summed E-state index contributed by atoms with van der Waals surface area (Å²) in [5, 5.41) is 11.0. The van der Waals surface area contributed by atoms with Crippen LogP contribution >= 0.6 is 11.6 Å². The predicted molar refractivity (Wildman–Crippen MR) is 122 cm³/mol. The van der Waals surface area contributed by atoms with E-state index >= 15 is 0 Å². The predicted octanol–water partition coefficient (Wildman–Crippen LogP) is 4.82. The average molecular weight is 493 g/mol. The molecular weight excluding hydrogens is 473 g/mol. The highest BCUT2D eigenvalue weighted by Crippen LogP contribution is 2.35. The molecule has 4 rings (SSSR count). The van der Waals surface area contributed by atoms with Gasteiger partial charge in [-0.15, -0.1) is 18.3 Å². The molecule has 2 aromatic carbocycles. The van der Waals surface area contributed by atoms with Gasteiger partial charge in [0, 0.05) is 17.0 Å². The molecule has 0 radical (unpaired) electrons. The van der Waals surface area contributed by atoms with Crippen LogP contribution in [-0.4, -0.2) is 44.4 Å². The maximum absolute atomic E-state index is 13.0. The SMILES string of the molecule is CCCNC(=O)[C@@H](C)Nc1nc2ccccc2c2nc(-c3cc(Cl)ccc3OC(F)(F)F)nn12. The van der Waals surface area contributed by atoms with E-state index in [4.69, 9.17) is 11.6 Å². The van der Waals surface area contributed by atoms with Gasteiger partial charge in [-0.25, -0.2) is 9.97 Å². The number of para-hydroxylation sites is 1. The number of hydrogen-bond donors (Lipinski definition) is 2. The number of ether oxygens (including phenoxy) is 1. The van der Waals surface area contributed by atoms with E-state index in [2.05, 4.69) is 30.4 Å². The molecule has 0 aliphatic heterocycles. The number of nitrogens with zero attached hydrogens (tertiary/aromatic N) is 4.